The summed E-state index contributed by atoms with van der Waals surface area (Å²) in [6, 6.07) is 1.90. The van der Waals surface area contributed by atoms with Gasteiger partial charge in [0.1, 0.15) is 16.6 Å². The minimum absolute atomic E-state index is 0.0277. The first-order valence-corrected chi connectivity index (χ1v) is 10.6. The molecule has 1 unspecified atom stereocenters. The Bertz CT molecular complexity index is 1120. The summed E-state index contributed by atoms with van der Waals surface area (Å²) < 4.78 is 56.4. The predicted molar refractivity (Wildman–Crippen MR) is 120 cm³/mol. The first kappa shape index (κ1) is 26.8. The lowest BCUT2D eigenvalue weighted by Gasteiger charge is -2.23. The zero-order chi connectivity index (χ0) is 25.6. The Morgan fingerprint density at radius 1 is 1.21 bits per heavy atom. The molecule has 0 spiro atoms. The average molecular weight is 502 g/mol. The molecule has 0 aliphatic rings. The van der Waals surface area contributed by atoms with Crippen molar-refractivity contribution < 1.29 is 37.1 Å². The number of urea groups is 1. The summed E-state index contributed by atoms with van der Waals surface area (Å²) in [5.41, 5.74) is 9.70. The van der Waals surface area contributed by atoms with Gasteiger partial charge in [-0.15, -0.1) is 11.3 Å². The van der Waals surface area contributed by atoms with Crippen molar-refractivity contribution in [1.29, 1.82) is 0 Å². The molecule has 13 heteroatoms. The van der Waals surface area contributed by atoms with Gasteiger partial charge < -0.3 is 16.6 Å². The van der Waals surface area contributed by atoms with E-state index >= 15 is 0 Å². The van der Waals surface area contributed by atoms with Crippen molar-refractivity contribution in [1.82, 2.24) is 5.32 Å². The second-order valence-corrected chi connectivity index (χ2v) is 8.47. The first-order chi connectivity index (χ1) is 15.9. The summed E-state index contributed by atoms with van der Waals surface area (Å²) in [5, 5.41) is 13.3. The number of aliphatic carboxylic acids is 1. The summed E-state index contributed by atoms with van der Waals surface area (Å²) in [6.07, 6.45) is 1.67. The quantitative estimate of drug-likeness (QED) is 0.235. The van der Waals surface area contributed by atoms with Gasteiger partial charge in [0.25, 0.3) is 11.7 Å². The van der Waals surface area contributed by atoms with Crippen LogP contribution < -0.4 is 22.1 Å². The smallest absolute Gasteiger partial charge is 0.356 e. The minimum Gasteiger partial charge on any atom is -0.478 e. The maximum Gasteiger partial charge on any atom is 0.356 e. The standard InChI is InChI=1S/C21H22F4N4O4S/c1-10(9-22)8-21(25,19(31)32)28-4-2-3-11-5-15(24)12(6-14(11)23)16-7-13(17(26)30)18(34-16)29-20(27)33/h2-3,5-7,10,28H,4,8-9H2,1H3,(H2,26,30)(H,31,32)(H3,27,29,33)/b3-2+/t10?,21-/m0/s1. The van der Waals surface area contributed by atoms with Crippen LogP contribution in [0.25, 0.3) is 16.5 Å². The van der Waals surface area contributed by atoms with E-state index in [4.69, 9.17) is 16.6 Å². The SMILES string of the molecule is CC(CF)C[C@](F)(NC/C=C/c1cc(F)c(-c2cc(C(N)=O)c(NC(N)=O)s2)cc1F)C(=O)O. The van der Waals surface area contributed by atoms with E-state index in [9.17, 15) is 31.9 Å². The fourth-order valence-electron chi connectivity index (χ4n) is 2.97. The van der Waals surface area contributed by atoms with Crippen LogP contribution in [-0.4, -0.2) is 42.0 Å². The van der Waals surface area contributed by atoms with Gasteiger partial charge in [0.15, 0.2) is 0 Å². The van der Waals surface area contributed by atoms with E-state index in [1.807, 2.05) is 0 Å². The lowest BCUT2D eigenvalue weighted by atomic mass is 10.0. The summed E-state index contributed by atoms with van der Waals surface area (Å²) in [7, 11) is 0. The van der Waals surface area contributed by atoms with Gasteiger partial charge in [0.05, 0.1) is 12.2 Å². The van der Waals surface area contributed by atoms with Gasteiger partial charge in [-0.3, -0.25) is 19.8 Å². The van der Waals surface area contributed by atoms with Gasteiger partial charge in [-0.1, -0.05) is 19.1 Å². The number of nitrogens with one attached hydrogen (secondary N) is 2. The highest BCUT2D eigenvalue weighted by Gasteiger charge is 2.39. The Morgan fingerprint density at radius 3 is 2.44 bits per heavy atom. The number of halogens is 4. The maximum absolute atomic E-state index is 14.7. The van der Waals surface area contributed by atoms with Gasteiger partial charge in [0.2, 0.25) is 0 Å². The molecular weight excluding hydrogens is 480 g/mol. The number of carboxylic acid groups (broad SMARTS) is 1. The Balaban J connectivity index is 2.23. The van der Waals surface area contributed by atoms with Crippen LogP contribution in [0.15, 0.2) is 24.3 Å². The van der Waals surface area contributed by atoms with E-state index in [0.717, 1.165) is 29.5 Å². The largest absolute Gasteiger partial charge is 0.478 e. The normalized spacial score (nSPS) is 14.0. The number of primary amides is 2. The first-order valence-electron chi connectivity index (χ1n) is 9.77. The van der Waals surface area contributed by atoms with Crippen molar-refractivity contribution in [2.24, 2.45) is 17.4 Å². The van der Waals surface area contributed by atoms with Crippen LogP contribution in [0.2, 0.25) is 0 Å². The number of amides is 3. The van der Waals surface area contributed by atoms with E-state index in [1.165, 1.54) is 19.1 Å². The number of thiophene rings is 1. The molecule has 0 fully saturated rings. The topological polar surface area (TPSA) is 148 Å². The van der Waals surface area contributed by atoms with Gasteiger partial charge >= 0.3 is 12.0 Å². The summed E-state index contributed by atoms with van der Waals surface area (Å²) in [5.74, 6) is -8.22. The summed E-state index contributed by atoms with van der Waals surface area (Å²) in [4.78, 5) is 33.9. The van der Waals surface area contributed by atoms with E-state index < -0.39 is 54.3 Å². The molecular formula is C21H22F4N4O4S. The van der Waals surface area contributed by atoms with Crippen LogP contribution in [-0.2, 0) is 4.79 Å². The molecule has 34 heavy (non-hydrogen) atoms. The molecule has 0 aliphatic carbocycles. The molecule has 1 heterocycles. The fourth-order valence-corrected chi connectivity index (χ4v) is 4.05. The minimum atomic E-state index is -2.89. The molecule has 0 saturated carbocycles. The highest BCUT2D eigenvalue weighted by atomic mass is 32.1. The molecule has 0 bridgehead atoms. The molecule has 0 aliphatic heterocycles. The molecule has 2 atom stereocenters. The van der Waals surface area contributed by atoms with Crippen molar-refractivity contribution in [2.45, 2.75) is 19.1 Å². The summed E-state index contributed by atoms with van der Waals surface area (Å²) >= 11 is 0.760. The van der Waals surface area contributed by atoms with E-state index in [1.54, 1.807) is 0 Å². The Labute approximate surface area is 195 Å². The van der Waals surface area contributed by atoms with Crippen molar-refractivity contribution in [3.8, 4) is 10.4 Å². The molecule has 2 aromatic rings. The van der Waals surface area contributed by atoms with Crippen molar-refractivity contribution in [2.75, 3.05) is 18.5 Å². The second-order valence-electron chi connectivity index (χ2n) is 7.41. The summed E-state index contributed by atoms with van der Waals surface area (Å²) in [6.45, 7) is 0.0830. The molecule has 1 aromatic heterocycles. The lowest BCUT2D eigenvalue weighted by Crippen LogP contribution is -2.49. The third kappa shape index (κ3) is 6.54. The van der Waals surface area contributed by atoms with Crippen molar-refractivity contribution in [3.05, 3.63) is 47.0 Å². The molecule has 184 valence electrons. The average Bonchev–Trinajstić information content (AvgIpc) is 3.16. The van der Waals surface area contributed by atoms with E-state index in [-0.39, 0.29) is 33.1 Å². The third-order valence-corrected chi connectivity index (χ3v) is 5.70. The second kappa shape index (κ2) is 11.1. The van der Waals surface area contributed by atoms with Gasteiger partial charge in [-0.2, -0.15) is 0 Å². The number of hydrogen-bond donors (Lipinski definition) is 5. The molecule has 3 amide bonds. The Kier molecular flexibility index (Phi) is 8.76. The van der Waals surface area contributed by atoms with E-state index in [0.29, 0.717) is 0 Å². The van der Waals surface area contributed by atoms with Gasteiger partial charge in [0, 0.05) is 29.0 Å². The third-order valence-electron chi connectivity index (χ3n) is 4.62. The number of carbonyl (C=O) groups excluding carboxylic acids is 2. The van der Waals surface area contributed by atoms with Crippen LogP contribution in [0, 0.1) is 17.6 Å². The molecule has 0 saturated heterocycles. The fraction of sp³-hybridized carbons (Fsp3) is 0.286. The number of hydrogen-bond acceptors (Lipinski definition) is 5. The number of nitrogens with two attached hydrogens (primary N) is 2. The number of rotatable bonds is 11. The zero-order valence-electron chi connectivity index (χ0n) is 17.8. The molecule has 1 aromatic carbocycles. The lowest BCUT2D eigenvalue weighted by molar-refractivity contribution is -0.154. The number of alkyl halides is 2. The van der Waals surface area contributed by atoms with Crippen LogP contribution in [0.1, 0.15) is 29.3 Å². The predicted octanol–water partition coefficient (Wildman–Crippen LogP) is 3.63. The zero-order valence-corrected chi connectivity index (χ0v) is 18.6. The number of anilines is 1. The number of carbonyl (C=O) groups is 3. The van der Waals surface area contributed by atoms with Crippen molar-refractivity contribution >= 4 is 40.3 Å². The highest BCUT2D eigenvalue weighted by molar-refractivity contribution is 7.20. The van der Waals surface area contributed by atoms with Crippen LogP contribution >= 0.6 is 11.3 Å². The molecule has 0 radical (unpaired) electrons. The number of carboxylic acids is 1. The highest BCUT2D eigenvalue weighted by Crippen LogP contribution is 2.37. The van der Waals surface area contributed by atoms with Crippen LogP contribution in [0.5, 0.6) is 0 Å². The number of benzene rings is 1. The van der Waals surface area contributed by atoms with Gasteiger partial charge in [-0.25, -0.2) is 22.8 Å². The Morgan fingerprint density at radius 2 is 1.88 bits per heavy atom. The molecule has 2 rings (SSSR count). The van der Waals surface area contributed by atoms with Crippen molar-refractivity contribution in [3.63, 3.8) is 0 Å². The molecule has 7 N–H and O–H groups in total. The Hall–Kier alpha value is -3.45. The monoisotopic (exact) mass is 502 g/mol. The van der Waals surface area contributed by atoms with E-state index in [2.05, 4.69) is 10.6 Å². The van der Waals surface area contributed by atoms with Crippen LogP contribution in [0.3, 0.4) is 0 Å². The molecule has 8 nitrogen and oxygen atoms in total. The van der Waals surface area contributed by atoms with Gasteiger partial charge in [-0.05, 0) is 24.1 Å². The van der Waals surface area contributed by atoms with Crippen LogP contribution in [0.4, 0.5) is 27.4 Å². The maximum atomic E-state index is 14.7.